The highest BCUT2D eigenvalue weighted by Gasteiger charge is 2.41. The van der Waals surface area contributed by atoms with Gasteiger partial charge in [-0.05, 0) is 52.9 Å². The molecule has 0 N–H and O–H groups in total. The maximum atomic E-state index is 12.4. The summed E-state index contributed by atoms with van der Waals surface area (Å²) in [6, 6.07) is 10.8. The van der Waals surface area contributed by atoms with Crippen LogP contribution in [-0.2, 0) is 0 Å². The first-order valence-corrected chi connectivity index (χ1v) is 7.00. The Balaban J connectivity index is 2.15. The summed E-state index contributed by atoms with van der Waals surface area (Å²) < 4.78 is 0.957. The average Bonchev–Trinajstić information content (AvgIpc) is 2.72. The second-order valence-corrected chi connectivity index (χ2v) is 5.62. The summed E-state index contributed by atoms with van der Waals surface area (Å²) in [7, 11) is 0. The number of rotatable bonds is 2. The predicted molar refractivity (Wildman–Crippen MR) is 83.4 cm³/mol. The van der Waals surface area contributed by atoms with E-state index in [1.807, 2.05) is 0 Å². The minimum atomic E-state index is -0.663. The van der Waals surface area contributed by atoms with Gasteiger partial charge in [-0.15, -0.1) is 0 Å². The van der Waals surface area contributed by atoms with Crippen LogP contribution in [0, 0.1) is 13.7 Å². The average molecular weight is 394 g/mol. The topological polar surface area (TPSA) is 80.5 Å². The third-order valence-corrected chi connectivity index (χ3v) is 3.89. The fraction of sp³-hybridized carbons (Fsp3) is 0. The van der Waals surface area contributed by atoms with E-state index in [9.17, 15) is 19.7 Å². The monoisotopic (exact) mass is 394 g/mol. The number of carbonyl (C=O) groups is 2. The molecule has 3 rings (SSSR count). The van der Waals surface area contributed by atoms with E-state index in [2.05, 4.69) is 22.6 Å². The number of carbonyl (C=O) groups excluding carboxylic acids is 2. The second kappa shape index (κ2) is 4.92. The molecule has 7 heteroatoms. The lowest BCUT2D eigenvalue weighted by atomic mass is 10.1. The van der Waals surface area contributed by atoms with E-state index in [1.165, 1.54) is 18.2 Å². The number of nitro benzene ring substituents is 1. The quantitative estimate of drug-likeness (QED) is 0.340. The number of hydrogen-bond donors (Lipinski definition) is 0. The van der Waals surface area contributed by atoms with Crippen molar-refractivity contribution < 1.29 is 14.5 Å². The molecule has 0 aliphatic carbocycles. The molecule has 2 amide bonds. The maximum Gasteiger partial charge on any atom is 0.283 e. The second-order valence-electron chi connectivity index (χ2n) is 4.38. The van der Waals surface area contributed by atoms with Gasteiger partial charge in [-0.25, -0.2) is 4.90 Å². The molecule has 0 saturated heterocycles. The van der Waals surface area contributed by atoms with E-state index >= 15 is 0 Å². The zero-order chi connectivity index (χ0) is 15.1. The first-order chi connectivity index (χ1) is 10.0. The molecule has 1 heterocycles. The van der Waals surface area contributed by atoms with Gasteiger partial charge in [0.1, 0.15) is 5.56 Å². The van der Waals surface area contributed by atoms with Gasteiger partial charge in [-0.3, -0.25) is 19.7 Å². The van der Waals surface area contributed by atoms with Crippen LogP contribution in [0.3, 0.4) is 0 Å². The molecule has 0 aromatic heterocycles. The molecule has 1 aliphatic rings. The van der Waals surface area contributed by atoms with Crippen molar-refractivity contribution in [3.63, 3.8) is 0 Å². The van der Waals surface area contributed by atoms with Gasteiger partial charge in [0, 0.05) is 9.64 Å². The number of anilines is 1. The van der Waals surface area contributed by atoms with Gasteiger partial charge in [-0.2, -0.15) is 0 Å². The number of imide groups is 1. The Hall–Kier alpha value is -2.29. The van der Waals surface area contributed by atoms with Crippen molar-refractivity contribution in [3.05, 3.63) is 67.3 Å². The highest BCUT2D eigenvalue weighted by molar-refractivity contribution is 14.1. The Kier molecular flexibility index (Phi) is 3.20. The van der Waals surface area contributed by atoms with Gasteiger partial charge in [-0.1, -0.05) is 6.07 Å². The van der Waals surface area contributed by atoms with Gasteiger partial charge in [0.15, 0.2) is 0 Å². The molecule has 0 radical (unpaired) electrons. The third kappa shape index (κ3) is 2.09. The molecule has 0 bridgehead atoms. The van der Waals surface area contributed by atoms with E-state index in [1.54, 1.807) is 24.3 Å². The number of hydrogen-bond acceptors (Lipinski definition) is 4. The fourth-order valence-electron chi connectivity index (χ4n) is 2.24. The number of nitrogens with zero attached hydrogens (tertiary/aromatic N) is 2. The Morgan fingerprint density at radius 2 is 1.67 bits per heavy atom. The van der Waals surface area contributed by atoms with E-state index in [0.717, 1.165) is 8.47 Å². The molecule has 0 atom stereocenters. The summed E-state index contributed by atoms with van der Waals surface area (Å²) in [5.74, 6) is -1.21. The highest BCUT2D eigenvalue weighted by atomic mass is 127. The first kappa shape index (κ1) is 13.7. The lowest BCUT2D eigenvalue weighted by molar-refractivity contribution is -0.385. The van der Waals surface area contributed by atoms with Crippen molar-refractivity contribution in [3.8, 4) is 0 Å². The number of halogens is 1. The van der Waals surface area contributed by atoms with Crippen molar-refractivity contribution in [1.29, 1.82) is 0 Å². The van der Waals surface area contributed by atoms with Crippen molar-refractivity contribution in [2.24, 2.45) is 0 Å². The number of benzene rings is 2. The SMILES string of the molecule is O=C1c2cccc([N+](=O)[O-])c2C(=O)N1c1ccc(I)cc1. The molecule has 6 nitrogen and oxygen atoms in total. The molecule has 0 saturated carbocycles. The van der Waals surface area contributed by atoms with Crippen molar-refractivity contribution >= 4 is 45.8 Å². The van der Waals surface area contributed by atoms with E-state index in [4.69, 9.17) is 0 Å². The largest absolute Gasteiger partial charge is 0.283 e. The molecule has 1 aliphatic heterocycles. The molecule has 104 valence electrons. The summed E-state index contributed by atoms with van der Waals surface area (Å²) in [4.78, 5) is 36.1. The predicted octanol–water partition coefficient (Wildman–Crippen LogP) is 3.00. The first-order valence-electron chi connectivity index (χ1n) is 5.92. The Morgan fingerprint density at radius 1 is 1.00 bits per heavy atom. The van der Waals surface area contributed by atoms with Crippen LogP contribution in [0.5, 0.6) is 0 Å². The van der Waals surface area contributed by atoms with E-state index < -0.39 is 16.7 Å². The van der Waals surface area contributed by atoms with Crippen LogP contribution >= 0.6 is 22.6 Å². The van der Waals surface area contributed by atoms with Crippen LogP contribution < -0.4 is 4.90 Å². The summed E-state index contributed by atoms with van der Waals surface area (Å²) in [6.07, 6.45) is 0. The summed E-state index contributed by atoms with van der Waals surface area (Å²) in [5, 5.41) is 11.0. The van der Waals surface area contributed by atoms with Gasteiger partial charge in [0.2, 0.25) is 0 Å². The summed E-state index contributed by atoms with van der Waals surface area (Å²) in [5.41, 5.74) is -0.0337. The van der Waals surface area contributed by atoms with Crippen LogP contribution in [0.25, 0.3) is 0 Å². The minimum absolute atomic E-state index is 0.0627. The minimum Gasteiger partial charge on any atom is -0.268 e. The molecule has 2 aromatic rings. The van der Waals surface area contributed by atoms with Crippen molar-refractivity contribution in [1.82, 2.24) is 0 Å². The van der Waals surface area contributed by atoms with Gasteiger partial charge >= 0.3 is 0 Å². The number of amides is 2. The molecule has 0 unspecified atom stereocenters. The summed E-state index contributed by atoms with van der Waals surface area (Å²) >= 11 is 2.11. The standard InChI is InChI=1S/C14H7IN2O4/c15-8-4-6-9(7-5-8)16-13(18)10-2-1-3-11(17(20)21)12(10)14(16)19/h1-7H. The Labute approximate surface area is 132 Å². The van der Waals surface area contributed by atoms with Gasteiger partial charge in [0.05, 0.1) is 16.2 Å². The molecule has 21 heavy (non-hydrogen) atoms. The molecule has 2 aromatic carbocycles. The van der Waals surface area contributed by atoms with E-state index in [0.29, 0.717) is 5.69 Å². The molecule has 0 spiro atoms. The lowest BCUT2D eigenvalue weighted by Crippen LogP contribution is -2.29. The highest BCUT2D eigenvalue weighted by Crippen LogP contribution is 2.33. The van der Waals surface area contributed by atoms with Crippen LogP contribution in [0.1, 0.15) is 20.7 Å². The lowest BCUT2D eigenvalue weighted by Gasteiger charge is -2.13. The van der Waals surface area contributed by atoms with E-state index in [-0.39, 0.29) is 16.8 Å². The van der Waals surface area contributed by atoms with Crippen LogP contribution in [0.15, 0.2) is 42.5 Å². The zero-order valence-corrected chi connectivity index (χ0v) is 12.6. The smallest absolute Gasteiger partial charge is 0.268 e. The van der Waals surface area contributed by atoms with Crippen LogP contribution in [0.4, 0.5) is 11.4 Å². The maximum absolute atomic E-state index is 12.4. The van der Waals surface area contributed by atoms with Gasteiger partial charge in [0.25, 0.3) is 17.5 Å². The van der Waals surface area contributed by atoms with Crippen molar-refractivity contribution in [2.45, 2.75) is 0 Å². The normalized spacial score (nSPS) is 13.5. The molecular weight excluding hydrogens is 387 g/mol. The van der Waals surface area contributed by atoms with Crippen LogP contribution in [0.2, 0.25) is 0 Å². The van der Waals surface area contributed by atoms with Gasteiger partial charge < -0.3 is 0 Å². The third-order valence-electron chi connectivity index (χ3n) is 3.17. The zero-order valence-electron chi connectivity index (χ0n) is 10.4. The molecule has 0 fully saturated rings. The Bertz CT molecular complexity index is 786. The number of nitro groups is 1. The Morgan fingerprint density at radius 3 is 2.29 bits per heavy atom. The van der Waals surface area contributed by atoms with Crippen molar-refractivity contribution in [2.75, 3.05) is 4.90 Å². The molecular formula is C14H7IN2O4. The number of fused-ring (bicyclic) bond motifs is 1. The van der Waals surface area contributed by atoms with Crippen LogP contribution in [-0.4, -0.2) is 16.7 Å². The summed E-state index contributed by atoms with van der Waals surface area (Å²) in [6.45, 7) is 0. The fourth-order valence-corrected chi connectivity index (χ4v) is 2.60.